The van der Waals surface area contributed by atoms with Gasteiger partial charge in [0, 0.05) is 22.2 Å². The van der Waals surface area contributed by atoms with Gasteiger partial charge in [-0.15, -0.1) is 0 Å². The lowest BCUT2D eigenvalue weighted by atomic mass is 10.2. The minimum absolute atomic E-state index is 0.0519. The molecular weight excluding hydrogens is 449 g/mol. The lowest BCUT2D eigenvalue weighted by Crippen LogP contribution is -2.27. The van der Waals surface area contributed by atoms with Crippen molar-refractivity contribution in [2.45, 2.75) is 20.0 Å². The quantitative estimate of drug-likeness (QED) is 0.184. The second-order valence-corrected chi connectivity index (χ2v) is 8.30. The lowest BCUT2D eigenvalue weighted by Gasteiger charge is -2.12. The van der Waals surface area contributed by atoms with E-state index in [4.69, 9.17) is 44.9 Å². The molecule has 0 unspecified atom stereocenters. The van der Waals surface area contributed by atoms with Crippen molar-refractivity contribution in [1.29, 1.82) is 0 Å². The largest absolute Gasteiger partial charge is 0.493 e. The van der Waals surface area contributed by atoms with Crippen molar-refractivity contribution in [2.75, 3.05) is 13.7 Å². The molecule has 1 aromatic carbocycles. The molecule has 0 spiro atoms. The van der Waals surface area contributed by atoms with Crippen molar-refractivity contribution >= 4 is 57.4 Å². The Kier molecular flexibility index (Phi) is 9.30. The normalized spacial score (nSPS) is 16.6. The first kappa shape index (κ1) is 23.5. The highest BCUT2D eigenvalue weighted by Crippen LogP contribution is 2.31. The molecule has 1 aliphatic rings. The van der Waals surface area contributed by atoms with Gasteiger partial charge in [0.2, 0.25) is 0 Å². The number of likely N-dealkylation sites (N-methyl/N-ethyl adjacent to an activating group) is 1. The van der Waals surface area contributed by atoms with Gasteiger partial charge in [-0.2, -0.15) is 0 Å². The van der Waals surface area contributed by atoms with Gasteiger partial charge >= 0.3 is 0 Å². The first-order valence-corrected chi connectivity index (χ1v) is 10.8. The van der Waals surface area contributed by atoms with E-state index >= 15 is 0 Å². The summed E-state index contributed by atoms with van der Waals surface area (Å²) >= 11 is 18.7. The number of carbonyl (C=O) groups is 1. The van der Waals surface area contributed by atoms with Crippen LogP contribution < -0.4 is 0 Å². The van der Waals surface area contributed by atoms with E-state index in [2.05, 4.69) is 6.58 Å². The predicted octanol–water partition coefficient (Wildman–Crippen LogP) is 6.26. The van der Waals surface area contributed by atoms with E-state index in [-0.39, 0.29) is 12.5 Å². The minimum atomic E-state index is -0.0519. The number of halogens is 2. The summed E-state index contributed by atoms with van der Waals surface area (Å²) in [4.78, 5) is 14.4. The maximum absolute atomic E-state index is 12.2. The fraction of sp³-hybridized carbons (Fsp3) is 0.238. The highest BCUT2D eigenvalue weighted by molar-refractivity contribution is 8.26. The van der Waals surface area contributed by atoms with Gasteiger partial charge < -0.3 is 9.47 Å². The Morgan fingerprint density at radius 1 is 1.34 bits per heavy atom. The van der Waals surface area contributed by atoms with Gasteiger partial charge in [-0.1, -0.05) is 72.0 Å². The monoisotopic (exact) mass is 469 g/mol. The van der Waals surface area contributed by atoms with Gasteiger partial charge in [0.1, 0.15) is 10.9 Å². The zero-order valence-corrected chi connectivity index (χ0v) is 19.3. The number of hydrogen-bond donors (Lipinski definition) is 0. The van der Waals surface area contributed by atoms with Crippen LogP contribution >= 0.6 is 47.2 Å². The van der Waals surface area contributed by atoms with E-state index in [1.807, 2.05) is 25.1 Å². The number of allylic oxidation sites excluding steroid dienone is 4. The van der Waals surface area contributed by atoms with Crippen LogP contribution in [0.15, 0.2) is 65.5 Å². The summed E-state index contributed by atoms with van der Waals surface area (Å²) in [6.45, 7) is 6.46. The summed E-state index contributed by atoms with van der Waals surface area (Å²) in [5.74, 6) is 0.940. The van der Waals surface area contributed by atoms with Crippen LogP contribution in [0.4, 0.5) is 0 Å². The van der Waals surface area contributed by atoms with Crippen molar-refractivity contribution in [3.05, 3.63) is 81.1 Å². The van der Waals surface area contributed by atoms with Gasteiger partial charge in [-0.05, 0) is 37.6 Å². The standard InChI is InChI=1S/C21H21Cl2NO3S2/c1-4-17(26-3)18(27-13-14-10-11-15(22)12-16(14)23)8-6-7-9-19-20(25)24(5-2)21(28)29-19/h4,6,8-12H,1,5,7,13H2,2-3H3. The van der Waals surface area contributed by atoms with Crippen molar-refractivity contribution in [3.8, 4) is 0 Å². The Labute approximate surface area is 190 Å². The second kappa shape index (κ2) is 11.5. The summed E-state index contributed by atoms with van der Waals surface area (Å²) in [6.07, 6.45) is 7.60. The average molecular weight is 470 g/mol. The van der Waals surface area contributed by atoms with Gasteiger partial charge in [-0.3, -0.25) is 9.69 Å². The smallest absolute Gasteiger partial charge is 0.265 e. The van der Waals surface area contributed by atoms with Crippen LogP contribution in [0, 0.1) is 0 Å². The van der Waals surface area contributed by atoms with Gasteiger partial charge in [0.15, 0.2) is 11.5 Å². The molecule has 0 N–H and O–H groups in total. The topological polar surface area (TPSA) is 38.8 Å². The van der Waals surface area contributed by atoms with Crippen LogP contribution in [-0.4, -0.2) is 28.8 Å². The molecule has 1 amide bonds. The zero-order chi connectivity index (χ0) is 21.4. The van der Waals surface area contributed by atoms with Crippen molar-refractivity contribution in [3.63, 3.8) is 0 Å². The number of hydrogen-bond acceptors (Lipinski definition) is 5. The molecule has 1 heterocycles. The molecule has 0 bridgehead atoms. The molecule has 1 aromatic rings. The number of thiocarbonyl (C=S) groups is 1. The second-order valence-electron chi connectivity index (χ2n) is 5.78. The number of carbonyl (C=O) groups excluding carboxylic acids is 1. The molecule has 0 atom stereocenters. The maximum Gasteiger partial charge on any atom is 0.265 e. The third kappa shape index (κ3) is 6.37. The van der Waals surface area contributed by atoms with Gasteiger partial charge in [0.25, 0.3) is 5.91 Å². The van der Waals surface area contributed by atoms with Crippen LogP contribution in [0.3, 0.4) is 0 Å². The average Bonchev–Trinajstić information content (AvgIpc) is 2.97. The Morgan fingerprint density at radius 3 is 2.69 bits per heavy atom. The summed E-state index contributed by atoms with van der Waals surface area (Å²) in [7, 11) is 1.54. The molecule has 4 nitrogen and oxygen atoms in total. The molecule has 1 fully saturated rings. The Balaban J connectivity index is 2.08. The number of ether oxygens (including phenoxy) is 2. The molecule has 0 aliphatic carbocycles. The predicted molar refractivity (Wildman–Crippen MR) is 125 cm³/mol. The van der Waals surface area contributed by atoms with Crippen LogP contribution in [0.5, 0.6) is 0 Å². The molecule has 154 valence electrons. The molecule has 8 heteroatoms. The SMILES string of the molecule is C=CC(OC)=C(C=CCC=C1SC(=S)N(CC)C1=O)OCc1ccc(Cl)cc1Cl. The molecule has 1 aliphatic heterocycles. The van der Waals surface area contributed by atoms with E-state index in [0.29, 0.717) is 43.8 Å². The third-order valence-electron chi connectivity index (χ3n) is 3.94. The number of nitrogens with zero attached hydrogens (tertiary/aromatic N) is 1. The van der Waals surface area contributed by atoms with E-state index in [1.54, 1.807) is 36.3 Å². The Hall–Kier alpha value is -1.73. The summed E-state index contributed by atoms with van der Waals surface area (Å²) in [5.41, 5.74) is 0.796. The fourth-order valence-electron chi connectivity index (χ4n) is 2.44. The number of thioether (sulfide) groups is 1. The van der Waals surface area contributed by atoms with Crippen molar-refractivity contribution in [1.82, 2.24) is 4.90 Å². The van der Waals surface area contributed by atoms with E-state index < -0.39 is 0 Å². The van der Waals surface area contributed by atoms with Crippen LogP contribution in [0.2, 0.25) is 10.0 Å². The summed E-state index contributed by atoms with van der Waals surface area (Å²) < 4.78 is 11.8. The zero-order valence-electron chi connectivity index (χ0n) is 16.1. The fourth-order valence-corrected chi connectivity index (χ4v) is 4.27. The van der Waals surface area contributed by atoms with E-state index in [0.717, 1.165) is 5.56 Å². The molecule has 2 rings (SSSR count). The van der Waals surface area contributed by atoms with E-state index in [9.17, 15) is 4.79 Å². The first-order chi connectivity index (χ1) is 13.9. The van der Waals surface area contributed by atoms with E-state index in [1.165, 1.54) is 11.8 Å². The number of benzene rings is 1. The van der Waals surface area contributed by atoms with Crippen LogP contribution in [-0.2, 0) is 20.9 Å². The number of amides is 1. The lowest BCUT2D eigenvalue weighted by molar-refractivity contribution is -0.122. The Bertz CT molecular complexity index is 894. The van der Waals surface area contributed by atoms with Gasteiger partial charge in [0.05, 0.1) is 12.0 Å². The molecular formula is C21H21Cl2NO3S2. The van der Waals surface area contributed by atoms with Crippen molar-refractivity contribution in [2.24, 2.45) is 0 Å². The molecule has 29 heavy (non-hydrogen) atoms. The first-order valence-electron chi connectivity index (χ1n) is 8.79. The highest BCUT2D eigenvalue weighted by Gasteiger charge is 2.30. The number of rotatable bonds is 9. The van der Waals surface area contributed by atoms with Gasteiger partial charge in [-0.25, -0.2) is 0 Å². The highest BCUT2D eigenvalue weighted by atomic mass is 35.5. The number of methoxy groups -OCH3 is 1. The molecule has 1 saturated heterocycles. The molecule has 0 radical (unpaired) electrons. The third-order valence-corrected chi connectivity index (χ3v) is 5.96. The Morgan fingerprint density at radius 2 is 2.10 bits per heavy atom. The van der Waals surface area contributed by atoms with Crippen molar-refractivity contribution < 1.29 is 14.3 Å². The van der Waals surface area contributed by atoms with Crippen LogP contribution in [0.1, 0.15) is 18.9 Å². The summed E-state index contributed by atoms with van der Waals surface area (Å²) in [5, 5.41) is 1.09. The summed E-state index contributed by atoms with van der Waals surface area (Å²) in [6, 6.07) is 5.23. The molecule has 0 aromatic heterocycles. The maximum atomic E-state index is 12.2. The van der Waals surface area contributed by atoms with Crippen LogP contribution in [0.25, 0.3) is 0 Å². The molecule has 0 saturated carbocycles. The minimum Gasteiger partial charge on any atom is -0.493 e.